The molecule has 3 N–H and O–H groups in total. The van der Waals surface area contributed by atoms with Crippen molar-refractivity contribution in [3.63, 3.8) is 0 Å². The normalized spacial score (nSPS) is 37.7. The lowest BCUT2D eigenvalue weighted by Crippen LogP contribution is -2.69. The second-order valence-corrected chi connectivity index (χ2v) is 21.1. The Kier molecular flexibility index (Phi) is 12.1. The number of allylic oxidation sites excluding steroid dienone is 1. The number of carboxylic acids is 2. The summed E-state index contributed by atoms with van der Waals surface area (Å²) in [6, 6.07) is 4.13. The number of hydrogen-bond donors (Lipinski definition) is 2. The second-order valence-electron chi connectivity index (χ2n) is 21.1. The molecule has 0 amide bonds. The van der Waals surface area contributed by atoms with Crippen LogP contribution in [0.1, 0.15) is 114 Å². The van der Waals surface area contributed by atoms with Crippen LogP contribution in [0.15, 0.2) is 42.5 Å². The van der Waals surface area contributed by atoms with Crippen LogP contribution >= 0.6 is 0 Å². The molecule has 7 rings (SSSR count). The number of carboxylic acid groups (broad SMARTS) is 2. The van der Waals surface area contributed by atoms with E-state index < -0.39 is 29.6 Å². The Labute approximate surface area is 353 Å². The highest BCUT2D eigenvalue weighted by Crippen LogP contribution is 2.75. The Morgan fingerprint density at radius 1 is 1.07 bits per heavy atom. The van der Waals surface area contributed by atoms with Crippen LogP contribution in [0, 0.1) is 62.6 Å². The molecule has 1 aliphatic heterocycles. The largest absolute Gasteiger partial charge is 0.542 e. The van der Waals surface area contributed by atoms with Gasteiger partial charge in [0.15, 0.2) is 0 Å². The number of rotatable bonds is 9. The van der Waals surface area contributed by atoms with Gasteiger partial charge in [-0.3, -0.25) is 9.36 Å². The fourth-order valence-corrected chi connectivity index (χ4v) is 12.9. The number of aryl methyl sites for hydroxylation is 1. The van der Waals surface area contributed by atoms with Crippen LogP contribution < -0.4 is 10.8 Å². The first kappa shape index (κ1) is 46.2. The van der Waals surface area contributed by atoms with Gasteiger partial charge in [-0.15, -0.1) is 0 Å². The first-order valence-electron chi connectivity index (χ1n) is 21.8. The minimum absolute atomic E-state index is 0.0939. The summed E-state index contributed by atoms with van der Waals surface area (Å²) >= 11 is 0. The topological polar surface area (TPSA) is 158 Å². The van der Waals surface area contributed by atoms with Gasteiger partial charge in [0.2, 0.25) is 5.82 Å². The Morgan fingerprint density at radius 2 is 1.70 bits per heavy atom. The van der Waals surface area contributed by atoms with Crippen molar-refractivity contribution in [2.75, 3.05) is 19.8 Å². The van der Waals surface area contributed by atoms with Crippen LogP contribution in [-0.2, 0) is 26.1 Å². The molecule has 3 saturated carbocycles. The number of carbonyl (C=O) groups is 2. The average Bonchev–Trinajstić information content (AvgIpc) is 3.64. The van der Waals surface area contributed by atoms with Gasteiger partial charge in [0.05, 0.1) is 50.0 Å². The highest BCUT2D eigenvalue weighted by molar-refractivity contribution is 5.73. The van der Waals surface area contributed by atoms with Crippen molar-refractivity contribution in [3.8, 4) is 11.4 Å². The first-order chi connectivity index (χ1) is 27.7. The molecule has 4 fully saturated rings. The number of ether oxygens (including phenoxy) is 2. The highest BCUT2D eigenvalue weighted by atomic mass is 19.4. The third-order valence-electron chi connectivity index (χ3n) is 17.3. The number of carbonyl (C=O) groups excluding carboxylic acids is 1. The minimum Gasteiger partial charge on any atom is -0.542 e. The fraction of sp³-hybridized carbons (Fsp3) is 0.761. The number of nitrogens with zero attached hydrogens (tertiary/aromatic N) is 4. The van der Waals surface area contributed by atoms with Gasteiger partial charge in [0, 0.05) is 23.4 Å². The van der Waals surface area contributed by atoms with E-state index in [1.807, 2.05) is 11.6 Å². The van der Waals surface area contributed by atoms with Crippen molar-refractivity contribution in [1.82, 2.24) is 19.3 Å². The number of alkyl halides is 3. The molecule has 0 radical (unpaired) electrons. The standard InChI is InChI=1S/C44H67N5O4.C2HF3O2/c1-27(2)29(5)39(6)18-19-41(8)31-12-13-34-40(7)23-52-25-44(34,32(31)14-17-42(41,9)35(39)38(50)51)22-33(36(40)53-24-43(10,45)28(3)4)49-37(46-26-47-49)30-15-20-48(11)21-16-30;3-2(4,5)1(6)7/h14-16,20-21,26-29,31,33-36H,12-13,17-19,22-25,45H2,1-11H3;(H,6,7)/t29-,31+,33-,34+,35-,36+,39-,40-,41-,42+,43+,44+;/m1./s1. The Bertz CT molecular complexity index is 1950. The third kappa shape index (κ3) is 7.31. The predicted octanol–water partition coefficient (Wildman–Crippen LogP) is 7.75. The van der Waals surface area contributed by atoms with Crippen LogP contribution in [0.2, 0.25) is 0 Å². The summed E-state index contributed by atoms with van der Waals surface area (Å²) < 4.78 is 49.7. The zero-order valence-electron chi connectivity index (χ0n) is 37.4. The van der Waals surface area contributed by atoms with Gasteiger partial charge in [-0.25, -0.2) is 9.67 Å². The molecule has 14 heteroatoms. The molecule has 0 aromatic carbocycles. The molecule has 2 aromatic heterocycles. The Balaban J connectivity index is 0.000000793. The maximum atomic E-state index is 13.6. The number of halogens is 3. The van der Waals surface area contributed by atoms with E-state index in [9.17, 15) is 23.1 Å². The van der Waals surface area contributed by atoms with Crippen molar-refractivity contribution >= 4 is 11.9 Å². The molecule has 0 unspecified atom stereocenters. The van der Waals surface area contributed by atoms with E-state index >= 15 is 0 Å². The second kappa shape index (κ2) is 15.8. The molecule has 11 nitrogen and oxygen atoms in total. The SMILES string of the molecule is CC(C)[C@@H](C)[C@@]1(C)CC[C@]2(C)[C@H]3CC[C@@H]4[C@@]5(COC[C@@]4(C)[C@@H](OC[C@](C)(N)C(C)C)[C@H](n4ncnc4-[c+]4ccn(C)cc4)C5)C3=CC[C@@]2(C)[C@@H]1C(=O)O.O=C([O-])C(F)(F)F. The van der Waals surface area contributed by atoms with Gasteiger partial charge in [-0.05, 0) is 91.3 Å². The number of aliphatic carboxylic acids is 2. The van der Waals surface area contributed by atoms with Gasteiger partial charge in [-0.1, -0.05) is 74.0 Å². The van der Waals surface area contributed by atoms with E-state index in [0.29, 0.717) is 43.5 Å². The summed E-state index contributed by atoms with van der Waals surface area (Å²) in [6.07, 6.45) is 8.68. The summed E-state index contributed by atoms with van der Waals surface area (Å²) in [7, 11) is 2.03. The van der Waals surface area contributed by atoms with E-state index in [-0.39, 0.29) is 45.1 Å². The zero-order chi connectivity index (χ0) is 44.6. The summed E-state index contributed by atoms with van der Waals surface area (Å²) in [5, 5.41) is 24.9. The summed E-state index contributed by atoms with van der Waals surface area (Å²) in [5.74, 6) is -1.57. The van der Waals surface area contributed by atoms with Crippen LogP contribution in [0.4, 0.5) is 13.2 Å². The molecule has 60 heavy (non-hydrogen) atoms. The molecule has 2 aromatic rings. The van der Waals surface area contributed by atoms with Gasteiger partial charge < -0.3 is 30.2 Å². The van der Waals surface area contributed by atoms with Gasteiger partial charge in [0.25, 0.3) is 0 Å². The first-order valence-corrected chi connectivity index (χ1v) is 21.8. The quantitative estimate of drug-likeness (QED) is 0.190. The molecule has 334 valence electrons. The van der Waals surface area contributed by atoms with Crippen molar-refractivity contribution in [1.29, 1.82) is 0 Å². The van der Waals surface area contributed by atoms with E-state index in [1.54, 1.807) is 6.33 Å². The predicted molar refractivity (Wildman–Crippen MR) is 220 cm³/mol. The maximum absolute atomic E-state index is 13.6. The molecule has 4 aliphatic carbocycles. The summed E-state index contributed by atoms with van der Waals surface area (Å²) in [4.78, 5) is 27.2. The van der Waals surface area contributed by atoms with Crippen molar-refractivity contribution < 1.29 is 42.4 Å². The molecule has 12 atom stereocenters. The summed E-state index contributed by atoms with van der Waals surface area (Å²) in [5.41, 5.74) is 7.66. The molecule has 3 heterocycles. The Hall–Kier alpha value is -3.36. The molecular weight excluding hydrogens is 776 g/mol. The lowest BCUT2D eigenvalue weighted by atomic mass is 9.34. The van der Waals surface area contributed by atoms with E-state index in [1.165, 1.54) is 5.57 Å². The molecule has 5 aliphatic rings. The van der Waals surface area contributed by atoms with Gasteiger partial charge >= 0.3 is 12.1 Å². The Morgan fingerprint density at radius 3 is 2.27 bits per heavy atom. The molecule has 0 spiro atoms. The van der Waals surface area contributed by atoms with E-state index in [4.69, 9.17) is 35.2 Å². The van der Waals surface area contributed by atoms with Crippen LogP contribution in [0.25, 0.3) is 11.4 Å². The van der Waals surface area contributed by atoms with Crippen LogP contribution in [-0.4, -0.2) is 74.0 Å². The third-order valence-corrected chi connectivity index (χ3v) is 17.3. The highest BCUT2D eigenvalue weighted by Gasteiger charge is 2.72. The fourth-order valence-electron chi connectivity index (χ4n) is 12.9. The summed E-state index contributed by atoms with van der Waals surface area (Å²) in [6.45, 7) is 24.5. The van der Waals surface area contributed by atoms with E-state index in [2.05, 4.69) is 105 Å². The van der Waals surface area contributed by atoms with Crippen LogP contribution in [0.5, 0.6) is 0 Å². The molecular formula is C46H68F3N5O6. The van der Waals surface area contributed by atoms with Crippen molar-refractivity contribution in [3.05, 3.63) is 42.5 Å². The molecule has 2 bridgehead atoms. The van der Waals surface area contributed by atoms with Crippen molar-refractivity contribution in [2.45, 2.75) is 132 Å². The lowest BCUT2D eigenvalue weighted by Gasteiger charge is -2.71. The molecule has 1 saturated heterocycles. The van der Waals surface area contributed by atoms with Crippen LogP contribution in [0.3, 0.4) is 0 Å². The number of hydrogen-bond acceptors (Lipinski definition) is 8. The number of aromatic nitrogens is 4. The minimum atomic E-state index is -5.19. The maximum Gasteiger partial charge on any atom is 0.430 e. The number of nitrogens with two attached hydrogens (primary N) is 1. The monoisotopic (exact) mass is 844 g/mol. The number of fused-ring (bicyclic) bond motifs is 3. The van der Waals surface area contributed by atoms with Gasteiger partial charge in [0.1, 0.15) is 30.3 Å². The average molecular weight is 844 g/mol. The van der Waals surface area contributed by atoms with Gasteiger partial charge in [-0.2, -0.15) is 18.3 Å². The smallest absolute Gasteiger partial charge is 0.430 e. The zero-order valence-corrected chi connectivity index (χ0v) is 37.4. The number of pyridine rings is 1. The van der Waals surface area contributed by atoms with E-state index in [0.717, 1.165) is 49.9 Å². The van der Waals surface area contributed by atoms with Crippen molar-refractivity contribution in [2.24, 2.45) is 75.4 Å². The lowest BCUT2D eigenvalue weighted by molar-refractivity contribution is -0.344.